The van der Waals surface area contributed by atoms with Crippen molar-refractivity contribution in [2.24, 2.45) is 28.6 Å². The van der Waals surface area contributed by atoms with Gasteiger partial charge < -0.3 is 16.3 Å². The van der Waals surface area contributed by atoms with Gasteiger partial charge in [-0.1, -0.05) is 18.0 Å². The normalized spacial score (nSPS) is 29.7. The van der Waals surface area contributed by atoms with Gasteiger partial charge in [0.1, 0.15) is 5.82 Å². The van der Waals surface area contributed by atoms with Crippen LogP contribution < -0.4 is 11.1 Å². The summed E-state index contributed by atoms with van der Waals surface area (Å²) in [7, 11) is 0. The van der Waals surface area contributed by atoms with E-state index in [9.17, 15) is 4.79 Å². The van der Waals surface area contributed by atoms with Crippen LogP contribution in [0.3, 0.4) is 0 Å². The molecule has 0 spiro atoms. The number of carbonyl (C=O) groups is 1. The number of amides is 1. The molecule has 7 nitrogen and oxygen atoms in total. The second kappa shape index (κ2) is 4.56. The Morgan fingerprint density at radius 1 is 1.47 bits per heavy atom. The summed E-state index contributed by atoms with van der Waals surface area (Å²) in [5.41, 5.74) is 5.91. The molecule has 2 atom stereocenters. The third-order valence-corrected chi connectivity index (χ3v) is 4.23. The third kappa shape index (κ3) is 2.05. The smallest absolute Gasteiger partial charge is 0.229 e. The lowest BCUT2D eigenvalue weighted by Gasteiger charge is -2.04. The first-order chi connectivity index (χ1) is 9.22. The average Bonchev–Trinajstić information content (AvgIpc) is 3.00. The van der Waals surface area contributed by atoms with Gasteiger partial charge in [-0.15, -0.1) is 0 Å². The number of fused-ring (bicyclic) bond motifs is 1. The molecule has 19 heavy (non-hydrogen) atoms. The first-order valence-corrected chi connectivity index (χ1v) is 6.54. The van der Waals surface area contributed by atoms with Crippen LogP contribution in [0.2, 0.25) is 0 Å². The summed E-state index contributed by atoms with van der Waals surface area (Å²) >= 11 is 0. The number of amidine groups is 1. The van der Waals surface area contributed by atoms with E-state index in [0.29, 0.717) is 23.2 Å². The molecule has 2 fully saturated rings. The molecule has 0 aliphatic heterocycles. The standard InChI is InChI=1S/C12H17N5O2/c13-10(17-19)8-5-14-16-11(8)15-12(18)9-6-3-1-2-4-7(6)9/h5-7,9,19H,1-4H2,(H2,13,17)(H2,14,15,16,18). The molecule has 1 aromatic heterocycles. The SMILES string of the molecule is NC(=NO)c1cn[nH]c1NC(=O)C1C2CCCCC21. The minimum atomic E-state index is -0.0720. The Kier molecular flexibility index (Phi) is 2.88. The van der Waals surface area contributed by atoms with Crippen LogP contribution in [-0.2, 0) is 4.79 Å². The summed E-state index contributed by atoms with van der Waals surface area (Å²) < 4.78 is 0. The second-order valence-corrected chi connectivity index (χ2v) is 5.27. The topological polar surface area (TPSA) is 116 Å². The summed E-state index contributed by atoms with van der Waals surface area (Å²) in [6.45, 7) is 0. The quantitative estimate of drug-likeness (QED) is 0.280. The number of anilines is 1. The fourth-order valence-electron chi connectivity index (χ4n) is 3.22. The average molecular weight is 263 g/mol. The van der Waals surface area contributed by atoms with Gasteiger partial charge in [0.05, 0.1) is 11.8 Å². The molecule has 2 unspecified atom stereocenters. The molecule has 2 saturated carbocycles. The van der Waals surface area contributed by atoms with E-state index in [-0.39, 0.29) is 17.7 Å². The van der Waals surface area contributed by atoms with E-state index in [1.54, 1.807) is 0 Å². The van der Waals surface area contributed by atoms with E-state index in [1.165, 1.54) is 19.0 Å². The lowest BCUT2D eigenvalue weighted by atomic mass is 10.0. The van der Waals surface area contributed by atoms with E-state index in [2.05, 4.69) is 20.7 Å². The van der Waals surface area contributed by atoms with Gasteiger partial charge in [0.2, 0.25) is 5.91 Å². The van der Waals surface area contributed by atoms with Crippen LogP contribution >= 0.6 is 0 Å². The van der Waals surface area contributed by atoms with Crippen LogP contribution in [0.5, 0.6) is 0 Å². The molecule has 0 radical (unpaired) electrons. The number of carbonyl (C=O) groups excluding carboxylic acids is 1. The van der Waals surface area contributed by atoms with Crippen molar-refractivity contribution in [2.45, 2.75) is 25.7 Å². The number of nitrogens with two attached hydrogens (primary N) is 1. The lowest BCUT2D eigenvalue weighted by Crippen LogP contribution is -2.20. The van der Waals surface area contributed by atoms with Gasteiger partial charge in [-0.05, 0) is 24.7 Å². The Hall–Kier alpha value is -2.05. The summed E-state index contributed by atoms with van der Waals surface area (Å²) in [4.78, 5) is 12.2. The number of rotatable bonds is 3. The van der Waals surface area contributed by atoms with Crippen molar-refractivity contribution in [3.05, 3.63) is 11.8 Å². The Balaban J connectivity index is 1.69. The van der Waals surface area contributed by atoms with Crippen LogP contribution in [0.1, 0.15) is 31.2 Å². The molecule has 0 saturated heterocycles. The van der Waals surface area contributed by atoms with Crippen molar-refractivity contribution in [1.82, 2.24) is 10.2 Å². The summed E-state index contributed by atoms with van der Waals surface area (Å²) in [6.07, 6.45) is 6.18. The molecule has 5 N–H and O–H groups in total. The highest BCUT2D eigenvalue weighted by Gasteiger charge is 2.54. The number of aromatic nitrogens is 2. The van der Waals surface area contributed by atoms with Crippen LogP contribution in [0.15, 0.2) is 11.4 Å². The number of hydrogen-bond donors (Lipinski definition) is 4. The third-order valence-electron chi connectivity index (χ3n) is 4.23. The van der Waals surface area contributed by atoms with Crippen molar-refractivity contribution < 1.29 is 10.0 Å². The molecule has 102 valence electrons. The van der Waals surface area contributed by atoms with Gasteiger partial charge in [-0.2, -0.15) is 5.10 Å². The summed E-state index contributed by atoms with van der Waals surface area (Å²) in [5, 5.41) is 20.8. The lowest BCUT2D eigenvalue weighted by molar-refractivity contribution is -0.117. The maximum Gasteiger partial charge on any atom is 0.229 e. The molecule has 0 bridgehead atoms. The first-order valence-electron chi connectivity index (χ1n) is 6.54. The number of nitrogens with zero attached hydrogens (tertiary/aromatic N) is 2. The van der Waals surface area contributed by atoms with Gasteiger partial charge in [-0.3, -0.25) is 9.89 Å². The molecule has 0 aromatic carbocycles. The zero-order valence-corrected chi connectivity index (χ0v) is 10.5. The van der Waals surface area contributed by atoms with E-state index < -0.39 is 0 Å². The highest BCUT2D eigenvalue weighted by molar-refractivity contribution is 6.05. The van der Waals surface area contributed by atoms with Crippen LogP contribution in [0.25, 0.3) is 0 Å². The summed E-state index contributed by atoms with van der Waals surface area (Å²) in [6, 6.07) is 0. The van der Waals surface area contributed by atoms with E-state index in [1.807, 2.05) is 0 Å². The predicted octanol–water partition coefficient (Wildman–Crippen LogP) is 0.879. The maximum absolute atomic E-state index is 12.2. The van der Waals surface area contributed by atoms with Crippen molar-refractivity contribution in [3.63, 3.8) is 0 Å². The Bertz CT molecular complexity index is 512. The Morgan fingerprint density at radius 3 is 2.79 bits per heavy atom. The number of oxime groups is 1. The molecule has 1 amide bonds. The molecular formula is C12H17N5O2. The fourth-order valence-corrected chi connectivity index (χ4v) is 3.22. The van der Waals surface area contributed by atoms with Crippen LogP contribution in [0, 0.1) is 17.8 Å². The number of H-pyrrole nitrogens is 1. The predicted molar refractivity (Wildman–Crippen MR) is 68.7 cm³/mol. The van der Waals surface area contributed by atoms with Gasteiger partial charge in [-0.25, -0.2) is 0 Å². The largest absolute Gasteiger partial charge is 0.409 e. The maximum atomic E-state index is 12.2. The van der Waals surface area contributed by atoms with Crippen molar-refractivity contribution in [2.75, 3.05) is 5.32 Å². The number of hydrogen-bond acceptors (Lipinski definition) is 4. The Labute approximate surface area is 110 Å². The van der Waals surface area contributed by atoms with E-state index in [0.717, 1.165) is 12.8 Å². The van der Waals surface area contributed by atoms with E-state index in [4.69, 9.17) is 10.9 Å². The zero-order valence-electron chi connectivity index (χ0n) is 10.5. The van der Waals surface area contributed by atoms with Gasteiger partial charge in [0.25, 0.3) is 0 Å². The molecule has 1 aromatic rings. The zero-order chi connectivity index (χ0) is 13.4. The minimum Gasteiger partial charge on any atom is -0.409 e. The molecule has 1 heterocycles. The minimum absolute atomic E-state index is 0.00754. The van der Waals surface area contributed by atoms with Crippen molar-refractivity contribution >= 4 is 17.6 Å². The van der Waals surface area contributed by atoms with E-state index >= 15 is 0 Å². The molecule has 2 aliphatic carbocycles. The second-order valence-electron chi connectivity index (χ2n) is 5.27. The molecular weight excluding hydrogens is 246 g/mol. The van der Waals surface area contributed by atoms with Crippen LogP contribution in [-0.4, -0.2) is 27.1 Å². The first kappa shape index (κ1) is 12.0. The molecule has 7 heteroatoms. The molecule has 2 aliphatic rings. The van der Waals surface area contributed by atoms with Gasteiger partial charge in [0.15, 0.2) is 5.84 Å². The highest BCUT2D eigenvalue weighted by atomic mass is 16.4. The molecule has 3 rings (SSSR count). The van der Waals surface area contributed by atoms with Gasteiger partial charge >= 0.3 is 0 Å². The fraction of sp³-hybridized carbons (Fsp3) is 0.583. The van der Waals surface area contributed by atoms with Crippen molar-refractivity contribution in [3.8, 4) is 0 Å². The van der Waals surface area contributed by atoms with Crippen LogP contribution in [0.4, 0.5) is 5.82 Å². The summed E-state index contributed by atoms with van der Waals surface area (Å²) in [5.74, 6) is 1.54. The number of nitrogens with one attached hydrogen (secondary N) is 2. The van der Waals surface area contributed by atoms with Gasteiger partial charge in [0, 0.05) is 5.92 Å². The highest BCUT2D eigenvalue weighted by Crippen LogP contribution is 2.55. The Morgan fingerprint density at radius 2 is 2.16 bits per heavy atom. The van der Waals surface area contributed by atoms with Crippen molar-refractivity contribution in [1.29, 1.82) is 0 Å². The monoisotopic (exact) mass is 263 g/mol. The number of aromatic amines is 1.